The Morgan fingerprint density at radius 1 is 1.29 bits per heavy atom. The van der Waals surface area contributed by atoms with Crippen LogP contribution in [0.3, 0.4) is 0 Å². The van der Waals surface area contributed by atoms with Gasteiger partial charge in [0.1, 0.15) is 22.9 Å². The largest absolute Gasteiger partial charge is 0.381 e. The minimum absolute atomic E-state index is 0.0686. The number of hydrogen-bond acceptors (Lipinski definition) is 7. The topological polar surface area (TPSA) is 115 Å². The van der Waals surface area contributed by atoms with E-state index in [1.807, 2.05) is 0 Å². The second-order valence-corrected chi connectivity index (χ2v) is 9.01. The predicted molar refractivity (Wildman–Crippen MR) is 119 cm³/mol. The highest BCUT2D eigenvalue weighted by Crippen LogP contribution is 2.53. The van der Waals surface area contributed by atoms with Crippen LogP contribution in [0.15, 0.2) is 35.4 Å². The first-order valence-corrected chi connectivity index (χ1v) is 11.2. The molecule has 1 aliphatic heterocycles. The average Bonchev–Trinajstić information content (AvgIpc) is 3.15. The van der Waals surface area contributed by atoms with Crippen LogP contribution in [0.2, 0.25) is 0 Å². The number of carbonyl (C=O) groups is 1. The molecule has 1 saturated heterocycles. The van der Waals surface area contributed by atoms with E-state index in [1.54, 1.807) is 36.0 Å². The molecule has 0 aromatic carbocycles. The van der Waals surface area contributed by atoms with Crippen LogP contribution in [-0.4, -0.2) is 57.3 Å². The molecule has 3 aromatic rings. The fourth-order valence-electron chi connectivity index (χ4n) is 4.89. The molecule has 4 heterocycles. The second-order valence-electron chi connectivity index (χ2n) is 9.01. The van der Waals surface area contributed by atoms with Gasteiger partial charge >= 0.3 is 0 Å². The van der Waals surface area contributed by atoms with Crippen molar-refractivity contribution in [3.8, 4) is 0 Å². The molecular formula is C22H23F2N7O3. The summed E-state index contributed by atoms with van der Waals surface area (Å²) in [6.45, 7) is 1.34. The van der Waals surface area contributed by atoms with Crippen LogP contribution in [-0.2, 0) is 4.74 Å². The van der Waals surface area contributed by atoms with E-state index >= 15 is 0 Å². The van der Waals surface area contributed by atoms with Gasteiger partial charge in [-0.05, 0) is 18.6 Å². The zero-order valence-electron chi connectivity index (χ0n) is 18.3. The Morgan fingerprint density at radius 2 is 2.09 bits per heavy atom. The number of hydrogen-bond donors (Lipinski definition) is 3. The molecule has 34 heavy (non-hydrogen) atoms. The molecule has 0 radical (unpaired) electrons. The van der Waals surface area contributed by atoms with E-state index in [-0.39, 0.29) is 35.7 Å². The highest BCUT2D eigenvalue weighted by Gasteiger charge is 2.55. The minimum Gasteiger partial charge on any atom is -0.381 e. The van der Waals surface area contributed by atoms with E-state index in [2.05, 4.69) is 26.0 Å². The molecule has 3 N–H and O–H groups in total. The van der Waals surface area contributed by atoms with E-state index in [0.29, 0.717) is 42.4 Å². The molecule has 12 heteroatoms. The van der Waals surface area contributed by atoms with Crippen molar-refractivity contribution in [3.63, 3.8) is 0 Å². The van der Waals surface area contributed by atoms with Gasteiger partial charge in [0.15, 0.2) is 5.65 Å². The van der Waals surface area contributed by atoms with E-state index < -0.39 is 17.9 Å². The quantitative estimate of drug-likeness (QED) is 0.504. The van der Waals surface area contributed by atoms with Crippen molar-refractivity contribution in [3.05, 3.63) is 46.5 Å². The van der Waals surface area contributed by atoms with E-state index in [0.717, 1.165) is 0 Å². The first kappa shape index (κ1) is 21.0. The molecule has 3 aromatic heterocycles. The zero-order chi connectivity index (χ0) is 23.6. The second kappa shape index (κ2) is 7.49. The van der Waals surface area contributed by atoms with Gasteiger partial charge in [-0.3, -0.25) is 9.59 Å². The summed E-state index contributed by atoms with van der Waals surface area (Å²) in [4.78, 5) is 30.3. The van der Waals surface area contributed by atoms with Gasteiger partial charge in [-0.25, -0.2) is 13.8 Å². The average molecular weight is 471 g/mol. The first-order chi connectivity index (χ1) is 16.4. The maximum absolute atomic E-state index is 13.6. The minimum atomic E-state index is -2.91. The van der Waals surface area contributed by atoms with Gasteiger partial charge in [-0.2, -0.15) is 9.61 Å². The van der Waals surface area contributed by atoms with Crippen molar-refractivity contribution < 1.29 is 18.3 Å². The number of ether oxygens (including phenoxy) is 1. The van der Waals surface area contributed by atoms with Crippen molar-refractivity contribution in [2.24, 2.45) is 11.8 Å². The Balaban J connectivity index is 1.31. The number of nitrogens with zero attached hydrogens (tertiary/aromatic N) is 4. The fourth-order valence-corrected chi connectivity index (χ4v) is 4.89. The standard InChI is InChI=1S/C22H23F2N7O3/c1-25-17-7-16(27-14-3-2-6-30(21(14)33)18-12-9-34-10-13(12)18)29-19-11(8-26-31(17)19)20(32)28-15-4-5-22(15,23)24/h2-3,6-8,12-13,15,18,25H,4-5,9-10H2,1H3,(H,27,29)(H,28,32)/t12-,13+,15-,18+/m1/s1. The molecule has 3 fully saturated rings. The predicted octanol–water partition coefficient (Wildman–Crippen LogP) is 2.02. The molecule has 3 aliphatic rings. The van der Waals surface area contributed by atoms with Gasteiger partial charge in [0.2, 0.25) is 0 Å². The highest BCUT2D eigenvalue weighted by atomic mass is 19.3. The van der Waals surface area contributed by atoms with Crippen LogP contribution in [0.1, 0.15) is 29.2 Å². The maximum Gasteiger partial charge on any atom is 0.274 e. The molecule has 2 aliphatic carbocycles. The summed E-state index contributed by atoms with van der Waals surface area (Å²) in [6.07, 6.45) is 3.05. The van der Waals surface area contributed by atoms with Gasteiger partial charge in [-0.1, -0.05) is 0 Å². The van der Waals surface area contributed by atoms with Crippen LogP contribution in [0, 0.1) is 11.8 Å². The normalized spacial score (nSPS) is 26.6. The Bertz CT molecular complexity index is 1340. The molecule has 4 atom stereocenters. The lowest BCUT2D eigenvalue weighted by Crippen LogP contribution is -2.55. The van der Waals surface area contributed by atoms with Crippen LogP contribution in [0.4, 0.5) is 26.1 Å². The third-order valence-electron chi connectivity index (χ3n) is 7.02. The number of alkyl halides is 2. The molecule has 10 nitrogen and oxygen atoms in total. The van der Waals surface area contributed by atoms with Crippen molar-refractivity contribution >= 4 is 28.9 Å². The number of carbonyl (C=O) groups excluding carboxylic acids is 1. The highest BCUT2D eigenvalue weighted by molar-refractivity contribution is 6.00. The number of amides is 1. The summed E-state index contributed by atoms with van der Waals surface area (Å²) in [5, 5.41) is 12.6. The van der Waals surface area contributed by atoms with Crippen molar-refractivity contribution in [2.45, 2.75) is 30.8 Å². The molecule has 0 unspecified atom stereocenters. The Hall–Kier alpha value is -3.54. The Labute approximate surface area is 192 Å². The monoisotopic (exact) mass is 471 g/mol. The number of halogens is 2. The van der Waals surface area contributed by atoms with Crippen LogP contribution in [0.25, 0.3) is 5.65 Å². The SMILES string of the molecule is CNc1cc(Nc2cccn([C@H]3[C@@H]4COC[C@@H]43)c2=O)nc2c(C(=O)N[C@@H]3CCC3(F)F)cnn12. The number of anilines is 3. The van der Waals surface area contributed by atoms with Crippen LogP contribution >= 0.6 is 0 Å². The van der Waals surface area contributed by atoms with Gasteiger partial charge < -0.3 is 25.3 Å². The summed E-state index contributed by atoms with van der Waals surface area (Å²) >= 11 is 0. The summed E-state index contributed by atoms with van der Waals surface area (Å²) in [7, 11) is 1.68. The summed E-state index contributed by atoms with van der Waals surface area (Å²) < 4.78 is 35.9. The van der Waals surface area contributed by atoms with Crippen LogP contribution < -0.4 is 21.5 Å². The van der Waals surface area contributed by atoms with Gasteiger partial charge in [0, 0.05) is 43.6 Å². The van der Waals surface area contributed by atoms with E-state index in [1.165, 1.54) is 10.7 Å². The molecule has 6 rings (SSSR count). The van der Waals surface area contributed by atoms with Gasteiger partial charge in [0.25, 0.3) is 17.4 Å². The summed E-state index contributed by atoms with van der Waals surface area (Å²) in [5.74, 6) is -2.02. The van der Waals surface area contributed by atoms with Gasteiger partial charge in [0.05, 0.1) is 25.5 Å². The van der Waals surface area contributed by atoms with Crippen molar-refractivity contribution in [2.75, 3.05) is 30.9 Å². The van der Waals surface area contributed by atoms with E-state index in [4.69, 9.17) is 4.74 Å². The smallest absolute Gasteiger partial charge is 0.274 e. The number of pyridine rings is 1. The summed E-state index contributed by atoms with van der Waals surface area (Å²) in [5.41, 5.74) is 0.416. The number of rotatable bonds is 6. The van der Waals surface area contributed by atoms with Crippen LogP contribution in [0.5, 0.6) is 0 Å². The lowest BCUT2D eigenvalue weighted by Gasteiger charge is -2.36. The first-order valence-electron chi connectivity index (χ1n) is 11.2. The molecule has 178 valence electrons. The molecule has 0 bridgehead atoms. The van der Waals surface area contributed by atoms with E-state index in [9.17, 15) is 18.4 Å². The fraction of sp³-hybridized carbons (Fsp3) is 0.455. The van der Waals surface area contributed by atoms with Crippen molar-refractivity contribution in [1.82, 2.24) is 24.5 Å². The van der Waals surface area contributed by atoms with Crippen molar-refractivity contribution in [1.29, 1.82) is 0 Å². The zero-order valence-corrected chi connectivity index (χ0v) is 18.3. The molecule has 1 amide bonds. The molecular weight excluding hydrogens is 448 g/mol. The maximum atomic E-state index is 13.6. The lowest BCUT2D eigenvalue weighted by atomic mass is 9.88. The Kier molecular flexibility index (Phi) is 4.63. The third kappa shape index (κ3) is 3.23. The summed E-state index contributed by atoms with van der Waals surface area (Å²) in [6, 6.07) is 4.06. The van der Waals surface area contributed by atoms with Gasteiger partial charge in [-0.15, -0.1) is 0 Å². The molecule has 0 spiro atoms. The lowest BCUT2D eigenvalue weighted by molar-refractivity contribution is -0.102. The number of aromatic nitrogens is 4. The third-order valence-corrected chi connectivity index (χ3v) is 7.02. The number of nitrogens with one attached hydrogen (secondary N) is 3. The Morgan fingerprint density at radius 3 is 2.76 bits per heavy atom. The number of fused-ring (bicyclic) bond motifs is 2. The molecule has 2 saturated carbocycles.